The zero-order valence-corrected chi connectivity index (χ0v) is 20.6. The molecule has 1 aliphatic rings. The Balaban J connectivity index is 1.31. The van der Waals surface area contributed by atoms with Crippen molar-refractivity contribution in [2.24, 2.45) is 7.05 Å². The highest BCUT2D eigenvalue weighted by Crippen LogP contribution is 2.31. The maximum Gasteiger partial charge on any atom is 0.253 e. The van der Waals surface area contributed by atoms with E-state index >= 15 is 0 Å². The Morgan fingerprint density at radius 2 is 1.76 bits per heavy atom. The summed E-state index contributed by atoms with van der Waals surface area (Å²) in [6.07, 6.45) is 5.67. The second-order valence-corrected chi connectivity index (χ2v) is 9.85. The van der Waals surface area contributed by atoms with Gasteiger partial charge in [-0.3, -0.25) is 9.59 Å². The molecule has 2 heterocycles. The Morgan fingerprint density at radius 3 is 2.54 bits per heavy atom. The van der Waals surface area contributed by atoms with Crippen molar-refractivity contribution in [1.29, 1.82) is 0 Å². The van der Waals surface area contributed by atoms with Gasteiger partial charge in [0, 0.05) is 47.3 Å². The topological polar surface area (TPSA) is 78.9 Å². The van der Waals surface area contributed by atoms with Crippen LogP contribution in [0.1, 0.15) is 52.1 Å². The van der Waals surface area contributed by atoms with Crippen LogP contribution in [0.25, 0.3) is 32.9 Å². The molecule has 0 radical (unpaired) electrons. The minimum absolute atomic E-state index is 0.0460. The molecule has 1 unspecified atom stereocenters. The van der Waals surface area contributed by atoms with Crippen molar-refractivity contribution in [3.63, 3.8) is 0 Å². The van der Waals surface area contributed by atoms with E-state index in [1.54, 1.807) is 18.3 Å². The summed E-state index contributed by atoms with van der Waals surface area (Å²) in [5.41, 5.74) is 5.68. The molecule has 0 spiro atoms. The SMILES string of the molecule is CC(NC(=O)c1cn(C)c2ccc(-c3ccc4c(C(=O)NC5CC5)c[nH]c4c3)cc12)c1cccc(F)c1. The maximum absolute atomic E-state index is 13.7. The minimum atomic E-state index is -0.344. The second-order valence-electron chi connectivity index (χ2n) is 9.85. The van der Waals surface area contributed by atoms with Crippen molar-refractivity contribution in [3.8, 4) is 11.1 Å². The quantitative estimate of drug-likeness (QED) is 0.277. The van der Waals surface area contributed by atoms with Crippen LogP contribution < -0.4 is 10.6 Å². The van der Waals surface area contributed by atoms with Crippen LogP contribution in [-0.2, 0) is 7.05 Å². The summed E-state index contributed by atoms with van der Waals surface area (Å²) in [6, 6.07) is 18.3. The lowest BCUT2D eigenvalue weighted by atomic mass is 10.0. The third kappa shape index (κ3) is 4.37. The predicted octanol–water partition coefficient (Wildman–Crippen LogP) is 5.85. The summed E-state index contributed by atoms with van der Waals surface area (Å²) < 4.78 is 15.6. The first-order chi connectivity index (χ1) is 17.9. The third-order valence-corrected chi connectivity index (χ3v) is 7.10. The van der Waals surface area contributed by atoms with E-state index in [4.69, 9.17) is 0 Å². The number of hydrogen-bond acceptors (Lipinski definition) is 2. The molecule has 3 aromatic carbocycles. The molecule has 1 atom stereocenters. The molecule has 5 aromatic rings. The number of amides is 2. The van der Waals surface area contributed by atoms with Gasteiger partial charge < -0.3 is 20.2 Å². The number of fused-ring (bicyclic) bond motifs is 2. The number of hydrogen-bond donors (Lipinski definition) is 3. The smallest absolute Gasteiger partial charge is 0.253 e. The summed E-state index contributed by atoms with van der Waals surface area (Å²) in [5.74, 6) is -0.593. The number of rotatable bonds is 6. The fourth-order valence-electron chi connectivity index (χ4n) is 4.87. The molecule has 2 aromatic heterocycles. The van der Waals surface area contributed by atoms with E-state index in [9.17, 15) is 14.0 Å². The van der Waals surface area contributed by atoms with E-state index in [1.165, 1.54) is 12.1 Å². The first kappa shape index (κ1) is 23.0. The molecule has 0 aliphatic heterocycles. The summed E-state index contributed by atoms with van der Waals surface area (Å²) in [4.78, 5) is 29.0. The Morgan fingerprint density at radius 1 is 0.973 bits per heavy atom. The molecule has 1 fully saturated rings. The number of H-pyrrole nitrogens is 1. The molecule has 3 N–H and O–H groups in total. The van der Waals surface area contributed by atoms with Gasteiger partial charge in [-0.2, -0.15) is 0 Å². The number of aromatic nitrogens is 2. The van der Waals surface area contributed by atoms with Crippen LogP contribution >= 0.6 is 0 Å². The average molecular weight is 495 g/mol. The van der Waals surface area contributed by atoms with Crippen LogP contribution in [0.4, 0.5) is 4.39 Å². The molecule has 0 bridgehead atoms. The number of nitrogens with zero attached hydrogens (tertiary/aromatic N) is 1. The average Bonchev–Trinajstić information content (AvgIpc) is 3.50. The molecule has 0 saturated heterocycles. The largest absolute Gasteiger partial charge is 0.360 e. The first-order valence-electron chi connectivity index (χ1n) is 12.4. The molecular weight excluding hydrogens is 467 g/mol. The molecule has 6 nitrogen and oxygen atoms in total. The molecule has 6 rings (SSSR count). The van der Waals surface area contributed by atoms with Gasteiger partial charge in [0.2, 0.25) is 0 Å². The number of nitrogens with one attached hydrogen (secondary N) is 3. The van der Waals surface area contributed by atoms with Crippen LogP contribution in [-0.4, -0.2) is 27.4 Å². The highest BCUT2D eigenvalue weighted by Gasteiger charge is 2.25. The van der Waals surface area contributed by atoms with E-state index in [2.05, 4.69) is 15.6 Å². The Kier molecular flexibility index (Phi) is 5.56. The first-order valence-corrected chi connectivity index (χ1v) is 12.4. The second kappa shape index (κ2) is 8.92. The summed E-state index contributed by atoms with van der Waals surface area (Å²) >= 11 is 0. The highest BCUT2D eigenvalue weighted by atomic mass is 19.1. The number of aryl methyl sites for hydroxylation is 1. The van der Waals surface area contributed by atoms with Gasteiger partial charge in [-0.25, -0.2) is 4.39 Å². The van der Waals surface area contributed by atoms with Crippen molar-refractivity contribution < 1.29 is 14.0 Å². The number of benzene rings is 3. The number of aromatic amines is 1. The van der Waals surface area contributed by atoms with E-state index in [-0.39, 0.29) is 23.7 Å². The molecule has 1 aliphatic carbocycles. The third-order valence-electron chi connectivity index (χ3n) is 7.10. The van der Waals surface area contributed by atoms with Crippen molar-refractivity contribution >= 4 is 33.6 Å². The Labute approximate surface area is 213 Å². The number of carbonyl (C=O) groups excluding carboxylic acids is 2. The summed E-state index contributed by atoms with van der Waals surface area (Å²) in [5, 5.41) is 7.76. The van der Waals surface area contributed by atoms with Crippen molar-refractivity contribution in [3.05, 3.63) is 95.6 Å². The van der Waals surface area contributed by atoms with Gasteiger partial charge in [-0.05, 0) is 66.8 Å². The van der Waals surface area contributed by atoms with Crippen molar-refractivity contribution in [1.82, 2.24) is 20.2 Å². The number of carbonyl (C=O) groups is 2. The summed E-state index contributed by atoms with van der Waals surface area (Å²) in [7, 11) is 1.91. The zero-order valence-electron chi connectivity index (χ0n) is 20.6. The molecule has 1 saturated carbocycles. The minimum Gasteiger partial charge on any atom is -0.360 e. The lowest BCUT2D eigenvalue weighted by Gasteiger charge is -2.14. The zero-order chi connectivity index (χ0) is 25.7. The van der Waals surface area contributed by atoms with Crippen LogP contribution in [0.2, 0.25) is 0 Å². The lowest BCUT2D eigenvalue weighted by Crippen LogP contribution is -2.26. The van der Waals surface area contributed by atoms with Crippen LogP contribution in [0, 0.1) is 5.82 Å². The molecule has 2 amide bonds. The van der Waals surface area contributed by atoms with Gasteiger partial charge in [-0.15, -0.1) is 0 Å². The highest BCUT2D eigenvalue weighted by molar-refractivity contribution is 6.09. The van der Waals surface area contributed by atoms with Gasteiger partial charge in [0.15, 0.2) is 0 Å². The molecule has 186 valence electrons. The molecule has 7 heteroatoms. The van der Waals surface area contributed by atoms with E-state index in [0.717, 1.165) is 45.8 Å². The molecular formula is C30H27FN4O2. The number of halogens is 1. The standard InChI is InChI=1S/C30H27FN4O2/c1-17(18-4-3-5-21(31)12-18)33-30(37)26-16-35(2)28-11-7-19(13-24(26)28)20-6-10-23-25(15-32-27(23)14-20)29(36)34-22-8-9-22/h3-7,10-17,22,32H,8-9H2,1-2H3,(H,33,37)(H,34,36). The molecule has 37 heavy (non-hydrogen) atoms. The van der Waals surface area contributed by atoms with Gasteiger partial charge in [-0.1, -0.05) is 30.3 Å². The Hall–Kier alpha value is -4.39. The normalized spacial score (nSPS) is 14.1. The summed E-state index contributed by atoms with van der Waals surface area (Å²) in [6.45, 7) is 1.84. The maximum atomic E-state index is 13.7. The van der Waals surface area contributed by atoms with Gasteiger partial charge >= 0.3 is 0 Å². The van der Waals surface area contributed by atoms with E-state index in [1.807, 2.05) is 61.1 Å². The predicted molar refractivity (Wildman–Crippen MR) is 143 cm³/mol. The van der Waals surface area contributed by atoms with Crippen LogP contribution in [0.15, 0.2) is 73.1 Å². The monoisotopic (exact) mass is 494 g/mol. The van der Waals surface area contributed by atoms with Crippen molar-refractivity contribution in [2.45, 2.75) is 31.8 Å². The lowest BCUT2D eigenvalue weighted by molar-refractivity contribution is 0.0937. The van der Waals surface area contributed by atoms with Gasteiger partial charge in [0.05, 0.1) is 17.2 Å². The van der Waals surface area contributed by atoms with E-state index in [0.29, 0.717) is 22.7 Å². The fourth-order valence-corrected chi connectivity index (χ4v) is 4.87. The van der Waals surface area contributed by atoms with Gasteiger partial charge in [0.1, 0.15) is 5.82 Å². The van der Waals surface area contributed by atoms with E-state index < -0.39 is 0 Å². The Bertz CT molecular complexity index is 1680. The van der Waals surface area contributed by atoms with Crippen molar-refractivity contribution in [2.75, 3.05) is 0 Å². The van der Waals surface area contributed by atoms with Gasteiger partial charge in [0.25, 0.3) is 11.8 Å². The fraction of sp³-hybridized carbons (Fsp3) is 0.200. The van der Waals surface area contributed by atoms with Crippen LogP contribution in [0.5, 0.6) is 0 Å². The van der Waals surface area contributed by atoms with Crippen LogP contribution in [0.3, 0.4) is 0 Å².